The summed E-state index contributed by atoms with van der Waals surface area (Å²) in [5.41, 5.74) is 0. The summed E-state index contributed by atoms with van der Waals surface area (Å²) in [7, 11) is 4.94. The van der Waals surface area contributed by atoms with Crippen LogP contribution in [0.2, 0.25) is 4.34 Å². The summed E-state index contributed by atoms with van der Waals surface area (Å²) < 4.78 is 37.4. The molecule has 22 heavy (non-hydrogen) atoms. The molecule has 0 atom stereocenters. The molecule has 0 bridgehead atoms. The van der Waals surface area contributed by atoms with Gasteiger partial charge in [-0.1, -0.05) is 11.6 Å². The summed E-state index contributed by atoms with van der Waals surface area (Å²) in [5.74, 6) is 0.630. The van der Waals surface area contributed by atoms with Crippen LogP contribution in [0.25, 0.3) is 0 Å². The number of guanidine groups is 1. The molecule has 0 aliphatic rings. The largest absolute Gasteiger partial charge is 0.401 e. The SMILES string of the molecule is CN=C(NCCN(C)CC(F)(F)F)N(C)Cc1ccc(Cl)s1. The molecule has 0 radical (unpaired) electrons. The monoisotopic (exact) mass is 356 g/mol. The Balaban J connectivity index is 2.38. The van der Waals surface area contributed by atoms with E-state index in [1.165, 1.54) is 23.3 Å². The predicted octanol–water partition coefficient (Wildman–Crippen LogP) is 2.90. The number of alkyl halides is 3. The summed E-state index contributed by atoms with van der Waals surface area (Å²) in [5, 5.41) is 3.05. The van der Waals surface area contributed by atoms with Gasteiger partial charge in [-0.25, -0.2) is 0 Å². The average molecular weight is 357 g/mol. The van der Waals surface area contributed by atoms with Crippen LogP contribution in [0.3, 0.4) is 0 Å². The fourth-order valence-corrected chi connectivity index (χ4v) is 3.01. The van der Waals surface area contributed by atoms with E-state index in [0.29, 0.717) is 19.0 Å². The molecule has 1 heterocycles. The van der Waals surface area contributed by atoms with Gasteiger partial charge in [0.05, 0.1) is 17.4 Å². The lowest BCUT2D eigenvalue weighted by atomic mass is 10.4. The number of nitrogens with zero attached hydrogens (tertiary/aromatic N) is 3. The second-order valence-corrected chi connectivity index (χ2v) is 6.69. The third-order valence-electron chi connectivity index (χ3n) is 2.82. The first-order valence-electron chi connectivity index (χ1n) is 6.62. The molecule has 126 valence electrons. The Morgan fingerprint density at radius 3 is 2.55 bits per heavy atom. The maximum atomic E-state index is 12.2. The van der Waals surface area contributed by atoms with Crippen molar-refractivity contribution in [2.24, 2.45) is 4.99 Å². The topological polar surface area (TPSA) is 30.9 Å². The van der Waals surface area contributed by atoms with Crippen LogP contribution in [0.5, 0.6) is 0 Å². The highest BCUT2D eigenvalue weighted by molar-refractivity contribution is 7.16. The molecular weight excluding hydrogens is 337 g/mol. The van der Waals surface area contributed by atoms with E-state index in [0.717, 1.165) is 9.21 Å². The number of nitrogens with one attached hydrogen (secondary N) is 1. The van der Waals surface area contributed by atoms with Crippen molar-refractivity contribution in [1.82, 2.24) is 15.1 Å². The molecule has 0 aliphatic heterocycles. The second kappa shape index (κ2) is 8.59. The molecule has 0 spiro atoms. The first kappa shape index (κ1) is 19.1. The van der Waals surface area contributed by atoms with E-state index in [1.54, 1.807) is 7.05 Å². The van der Waals surface area contributed by atoms with Gasteiger partial charge in [-0.3, -0.25) is 9.89 Å². The van der Waals surface area contributed by atoms with Gasteiger partial charge in [-0.15, -0.1) is 11.3 Å². The first-order chi connectivity index (χ1) is 10.2. The maximum absolute atomic E-state index is 12.2. The molecule has 0 saturated heterocycles. The van der Waals surface area contributed by atoms with Gasteiger partial charge in [0.25, 0.3) is 0 Å². The van der Waals surface area contributed by atoms with Crippen LogP contribution >= 0.6 is 22.9 Å². The fourth-order valence-electron chi connectivity index (χ4n) is 1.87. The minimum atomic E-state index is -4.17. The van der Waals surface area contributed by atoms with Crippen molar-refractivity contribution in [1.29, 1.82) is 0 Å². The number of hydrogen-bond donors (Lipinski definition) is 1. The minimum absolute atomic E-state index is 0.275. The molecule has 9 heteroatoms. The number of hydrogen-bond acceptors (Lipinski definition) is 3. The van der Waals surface area contributed by atoms with E-state index in [4.69, 9.17) is 11.6 Å². The van der Waals surface area contributed by atoms with Crippen molar-refractivity contribution in [3.8, 4) is 0 Å². The molecule has 0 aromatic carbocycles. The Morgan fingerprint density at radius 1 is 1.36 bits per heavy atom. The molecule has 0 fully saturated rings. The van der Waals surface area contributed by atoms with Gasteiger partial charge >= 0.3 is 6.18 Å². The molecule has 0 amide bonds. The standard InChI is InChI=1S/C13H20ClF3N4S/c1-18-12(19-6-7-20(2)9-13(15,16)17)21(3)8-10-4-5-11(14)22-10/h4-5H,6-9H2,1-3H3,(H,18,19). The zero-order valence-corrected chi connectivity index (χ0v) is 14.3. The third kappa shape index (κ3) is 7.33. The molecule has 0 aliphatic carbocycles. The predicted molar refractivity (Wildman–Crippen MR) is 85.7 cm³/mol. The van der Waals surface area contributed by atoms with E-state index >= 15 is 0 Å². The molecule has 1 rings (SSSR count). The number of aliphatic imine (C=N–C) groups is 1. The molecule has 1 N–H and O–H groups in total. The highest BCUT2D eigenvalue weighted by Crippen LogP contribution is 2.22. The van der Waals surface area contributed by atoms with Crippen molar-refractivity contribution in [3.63, 3.8) is 0 Å². The lowest BCUT2D eigenvalue weighted by Crippen LogP contribution is -2.42. The fraction of sp³-hybridized carbons (Fsp3) is 0.615. The van der Waals surface area contributed by atoms with Crippen molar-refractivity contribution in [2.45, 2.75) is 12.7 Å². The van der Waals surface area contributed by atoms with Crippen molar-refractivity contribution in [2.75, 3.05) is 40.8 Å². The Hall–Kier alpha value is -0.990. The molecule has 1 aromatic heterocycles. The van der Waals surface area contributed by atoms with E-state index in [1.807, 2.05) is 24.1 Å². The van der Waals surface area contributed by atoms with Crippen LogP contribution in [0.1, 0.15) is 4.88 Å². The Morgan fingerprint density at radius 2 is 2.05 bits per heavy atom. The van der Waals surface area contributed by atoms with Crippen LogP contribution in [0.4, 0.5) is 13.2 Å². The molecule has 0 unspecified atom stereocenters. The van der Waals surface area contributed by atoms with Gasteiger partial charge in [0.1, 0.15) is 0 Å². The van der Waals surface area contributed by atoms with E-state index in [9.17, 15) is 13.2 Å². The molecule has 4 nitrogen and oxygen atoms in total. The first-order valence-corrected chi connectivity index (χ1v) is 7.82. The second-order valence-electron chi connectivity index (χ2n) is 4.89. The van der Waals surface area contributed by atoms with Crippen LogP contribution in [-0.2, 0) is 6.54 Å². The molecule has 0 saturated carbocycles. The van der Waals surface area contributed by atoms with E-state index in [-0.39, 0.29) is 6.54 Å². The Labute approximate surface area is 137 Å². The number of halogens is 4. The van der Waals surface area contributed by atoms with Crippen molar-refractivity contribution in [3.05, 3.63) is 21.3 Å². The maximum Gasteiger partial charge on any atom is 0.401 e. The smallest absolute Gasteiger partial charge is 0.355 e. The molecular formula is C13H20ClF3N4S. The van der Waals surface area contributed by atoms with Gasteiger partial charge in [0.15, 0.2) is 5.96 Å². The Kier molecular flexibility index (Phi) is 7.44. The number of thiophene rings is 1. The van der Waals surface area contributed by atoms with E-state index in [2.05, 4.69) is 10.3 Å². The van der Waals surface area contributed by atoms with Crippen molar-refractivity contribution < 1.29 is 13.2 Å². The van der Waals surface area contributed by atoms with Gasteiger partial charge in [0.2, 0.25) is 0 Å². The Bertz CT molecular complexity index is 490. The zero-order chi connectivity index (χ0) is 16.8. The summed E-state index contributed by atoms with van der Waals surface area (Å²) in [4.78, 5) is 8.33. The number of rotatable bonds is 6. The van der Waals surface area contributed by atoms with Crippen LogP contribution in [0, 0.1) is 0 Å². The summed E-state index contributed by atoms with van der Waals surface area (Å²) in [6.07, 6.45) is -4.17. The highest BCUT2D eigenvalue weighted by Gasteiger charge is 2.28. The van der Waals surface area contributed by atoms with Crippen molar-refractivity contribution >= 4 is 28.9 Å². The summed E-state index contributed by atoms with van der Waals surface area (Å²) in [6, 6.07) is 3.77. The quantitative estimate of drug-likeness (QED) is 0.628. The average Bonchev–Trinajstić information content (AvgIpc) is 2.77. The lowest BCUT2D eigenvalue weighted by molar-refractivity contribution is -0.142. The van der Waals surface area contributed by atoms with Gasteiger partial charge in [-0.2, -0.15) is 13.2 Å². The highest BCUT2D eigenvalue weighted by atomic mass is 35.5. The van der Waals surface area contributed by atoms with Crippen LogP contribution < -0.4 is 5.32 Å². The van der Waals surface area contributed by atoms with Gasteiger partial charge < -0.3 is 10.2 Å². The summed E-state index contributed by atoms with van der Waals surface area (Å²) >= 11 is 7.37. The van der Waals surface area contributed by atoms with Crippen LogP contribution in [-0.4, -0.2) is 62.7 Å². The van der Waals surface area contributed by atoms with Gasteiger partial charge in [-0.05, 0) is 19.2 Å². The van der Waals surface area contributed by atoms with Crippen LogP contribution in [0.15, 0.2) is 17.1 Å². The summed E-state index contributed by atoms with van der Waals surface area (Å²) in [6.45, 7) is 0.373. The lowest BCUT2D eigenvalue weighted by Gasteiger charge is -2.23. The normalized spacial score (nSPS) is 12.8. The van der Waals surface area contributed by atoms with Gasteiger partial charge in [0, 0.05) is 32.1 Å². The number of likely N-dealkylation sites (N-methyl/N-ethyl adjacent to an activating group) is 1. The minimum Gasteiger partial charge on any atom is -0.355 e. The third-order valence-corrected chi connectivity index (χ3v) is 4.04. The molecule has 1 aromatic rings. The zero-order valence-electron chi connectivity index (χ0n) is 12.7. The van der Waals surface area contributed by atoms with E-state index < -0.39 is 12.7 Å².